The van der Waals surface area contributed by atoms with Crippen molar-refractivity contribution < 1.29 is 9.90 Å². The lowest BCUT2D eigenvalue weighted by Gasteiger charge is -2.40. The van der Waals surface area contributed by atoms with E-state index >= 15 is 0 Å². The molecule has 0 saturated carbocycles. The molecule has 1 aliphatic heterocycles. The predicted octanol–water partition coefficient (Wildman–Crippen LogP) is 3.80. The summed E-state index contributed by atoms with van der Waals surface area (Å²) in [5.74, 6) is -0.744. The van der Waals surface area contributed by atoms with Crippen molar-refractivity contribution >= 4 is 34.3 Å². The first kappa shape index (κ1) is 20.4. The highest BCUT2D eigenvalue weighted by Crippen LogP contribution is 2.29. The van der Waals surface area contributed by atoms with E-state index in [4.69, 9.17) is 5.11 Å². The zero-order chi connectivity index (χ0) is 16.1. The van der Waals surface area contributed by atoms with Crippen LogP contribution >= 0.6 is 28.3 Å². The van der Waals surface area contributed by atoms with Gasteiger partial charge in [-0.05, 0) is 44.0 Å². The van der Waals surface area contributed by atoms with Gasteiger partial charge in [-0.25, -0.2) is 0 Å². The molecular weight excluding hydrogens is 380 g/mol. The highest BCUT2D eigenvalue weighted by Gasteiger charge is 2.27. The summed E-state index contributed by atoms with van der Waals surface area (Å²) < 4.78 is 1.11. The Hall–Kier alpha value is -0.620. The van der Waals surface area contributed by atoms with E-state index in [2.05, 4.69) is 52.0 Å². The number of hydrogen-bond acceptors (Lipinski definition) is 3. The Balaban J connectivity index is 0.00000264. The van der Waals surface area contributed by atoms with Crippen LogP contribution in [-0.2, 0) is 4.79 Å². The van der Waals surface area contributed by atoms with E-state index in [1.54, 1.807) is 0 Å². The second-order valence-corrected chi connectivity index (χ2v) is 6.97. The number of halogens is 2. The van der Waals surface area contributed by atoms with Gasteiger partial charge >= 0.3 is 5.97 Å². The van der Waals surface area contributed by atoms with Crippen molar-refractivity contribution in [3.05, 3.63) is 34.3 Å². The quantitative estimate of drug-likeness (QED) is 0.782. The normalized spacial score (nSPS) is 17.7. The van der Waals surface area contributed by atoms with Gasteiger partial charge in [0.05, 0.1) is 6.54 Å². The number of aliphatic carboxylic acids is 1. The minimum atomic E-state index is -0.744. The third-order valence-corrected chi connectivity index (χ3v) is 5.12. The zero-order valence-electron chi connectivity index (χ0n) is 13.7. The number of rotatable bonds is 6. The predicted molar refractivity (Wildman–Crippen MR) is 99.3 cm³/mol. The number of carboxylic acid groups (broad SMARTS) is 1. The van der Waals surface area contributed by atoms with E-state index in [0.29, 0.717) is 12.1 Å². The van der Waals surface area contributed by atoms with Gasteiger partial charge in [0.1, 0.15) is 0 Å². The molecule has 0 radical (unpaired) electrons. The molecule has 1 aromatic carbocycles. The van der Waals surface area contributed by atoms with Crippen LogP contribution in [0.3, 0.4) is 0 Å². The lowest BCUT2D eigenvalue weighted by atomic mass is 9.97. The smallest absolute Gasteiger partial charge is 0.317 e. The molecule has 130 valence electrons. The summed E-state index contributed by atoms with van der Waals surface area (Å²) in [6.07, 6.45) is 3.17. The Labute approximate surface area is 153 Å². The summed E-state index contributed by atoms with van der Waals surface area (Å²) in [5.41, 5.74) is 1.36. The van der Waals surface area contributed by atoms with Crippen molar-refractivity contribution in [2.75, 3.05) is 26.7 Å². The van der Waals surface area contributed by atoms with Crippen LogP contribution in [0, 0.1) is 0 Å². The van der Waals surface area contributed by atoms with Gasteiger partial charge in [0.2, 0.25) is 0 Å². The van der Waals surface area contributed by atoms with Gasteiger partial charge in [0, 0.05) is 29.6 Å². The molecular formula is C17H26BrClN2O2. The summed E-state index contributed by atoms with van der Waals surface area (Å²) in [4.78, 5) is 15.3. The fourth-order valence-electron chi connectivity index (χ4n) is 3.37. The van der Waals surface area contributed by atoms with Crippen molar-refractivity contribution in [1.29, 1.82) is 0 Å². The van der Waals surface area contributed by atoms with Gasteiger partial charge < -0.3 is 5.11 Å². The molecule has 23 heavy (non-hydrogen) atoms. The molecule has 1 aromatic rings. The lowest BCUT2D eigenvalue weighted by Crippen LogP contribution is -2.45. The molecule has 0 spiro atoms. The molecule has 0 aromatic heterocycles. The number of carbonyl (C=O) groups is 1. The first-order chi connectivity index (χ1) is 10.5. The van der Waals surface area contributed by atoms with Crippen molar-refractivity contribution in [1.82, 2.24) is 9.80 Å². The van der Waals surface area contributed by atoms with E-state index in [1.807, 2.05) is 11.9 Å². The summed E-state index contributed by atoms with van der Waals surface area (Å²) in [6.45, 7) is 4.43. The first-order valence-corrected chi connectivity index (χ1v) is 8.72. The van der Waals surface area contributed by atoms with Crippen LogP contribution in [-0.4, -0.2) is 53.6 Å². The second kappa shape index (κ2) is 9.62. The number of piperidine rings is 1. The van der Waals surface area contributed by atoms with E-state index < -0.39 is 5.97 Å². The number of benzene rings is 1. The van der Waals surface area contributed by atoms with E-state index in [-0.39, 0.29) is 19.0 Å². The molecule has 0 amide bonds. The Morgan fingerprint density at radius 2 is 1.91 bits per heavy atom. The number of hydrogen-bond donors (Lipinski definition) is 1. The third-order valence-electron chi connectivity index (χ3n) is 4.59. The molecule has 1 saturated heterocycles. The number of nitrogens with zero attached hydrogens (tertiary/aromatic N) is 2. The highest BCUT2D eigenvalue weighted by molar-refractivity contribution is 9.10. The van der Waals surface area contributed by atoms with Crippen LogP contribution < -0.4 is 0 Å². The standard InChI is InChI=1S/C17H25BrN2O2.ClH/c1-3-16(13-4-6-14(18)7-5-13)20-10-8-15(9-11-20)19(2)12-17(21)22;/h4-7,15-16H,3,8-12H2,1-2H3,(H,21,22);1H. The van der Waals surface area contributed by atoms with Crippen LogP contribution in [0.5, 0.6) is 0 Å². The maximum Gasteiger partial charge on any atom is 0.317 e. The van der Waals surface area contributed by atoms with Crippen molar-refractivity contribution in [2.24, 2.45) is 0 Å². The molecule has 1 heterocycles. The largest absolute Gasteiger partial charge is 0.480 e. The molecule has 0 aliphatic carbocycles. The SMILES string of the molecule is CCC(c1ccc(Br)cc1)N1CCC(N(C)CC(=O)O)CC1.Cl. The molecule has 1 fully saturated rings. The maximum atomic E-state index is 10.8. The van der Waals surface area contributed by atoms with Gasteiger partial charge in [-0.1, -0.05) is 35.0 Å². The highest BCUT2D eigenvalue weighted by atomic mass is 79.9. The van der Waals surface area contributed by atoms with E-state index in [9.17, 15) is 4.79 Å². The average molecular weight is 406 g/mol. The Morgan fingerprint density at radius 3 is 2.39 bits per heavy atom. The Morgan fingerprint density at radius 1 is 1.35 bits per heavy atom. The zero-order valence-corrected chi connectivity index (χ0v) is 16.1. The molecule has 1 aliphatic rings. The van der Waals surface area contributed by atoms with Gasteiger partial charge in [-0.3, -0.25) is 14.6 Å². The monoisotopic (exact) mass is 404 g/mol. The summed E-state index contributed by atoms with van der Waals surface area (Å²) in [7, 11) is 1.92. The van der Waals surface area contributed by atoms with E-state index in [0.717, 1.165) is 36.8 Å². The van der Waals surface area contributed by atoms with Crippen molar-refractivity contribution in [3.8, 4) is 0 Å². The van der Waals surface area contributed by atoms with Gasteiger partial charge in [-0.15, -0.1) is 12.4 Å². The van der Waals surface area contributed by atoms with E-state index in [1.165, 1.54) is 5.56 Å². The van der Waals surface area contributed by atoms with Crippen molar-refractivity contribution in [2.45, 2.75) is 38.3 Å². The average Bonchev–Trinajstić information content (AvgIpc) is 2.50. The molecule has 1 N–H and O–H groups in total. The minimum Gasteiger partial charge on any atom is -0.480 e. The summed E-state index contributed by atoms with van der Waals surface area (Å²) in [6, 6.07) is 9.44. The van der Waals surface area contributed by atoms with Crippen molar-refractivity contribution in [3.63, 3.8) is 0 Å². The molecule has 4 nitrogen and oxygen atoms in total. The second-order valence-electron chi connectivity index (χ2n) is 6.05. The van der Waals surface area contributed by atoms with Gasteiger partial charge in [-0.2, -0.15) is 0 Å². The fourth-order valence-corrected chi connectivity index (χ4v) is 3.63. The maximum absolute atomic E-state index is 10.8. The lowest BCUT2D eigenvalue weighted by molar-refractivity contribution is -0.138. The molecule has 0 bridgehead atoms. The third kappa shape index (κ3) is 5.75. The number of likely N-dealkylation sites (tertiary alicyclic amines) is 1. The summed E-state index contributed by atoms with van der Waals surface area (Å²) in [5, 5.41) is 8.91. The van der Waals surface area contributed by atoms with Crippen LogP contribution in [0.4, 0.5) is 0 Å². The van der Waals surface area contributed by atoms with Crippen LogP contribution in [0.2, 0.25) is 0 Å². The Bertz CT molecular complexity index is 490. The number of likely N-dealkylation sites (N-methyl/N-ethyl adjacent to an activating group) is 1. The van der Waals surface area contributed by atoms with Crippen LogP contribution in [0.1, 0.15) is 37.8 Å². The molecule has 1 atom stereocenters. The molecule has 1 unspecified atom stereocenters. The first-order valence-electron chi connectivity index (χ1n) is 7.92. The Kier molecular flexibility index (Phi) is 8.54. The van der Waals surface area contributed by atoms with Gasteiger partial charge in [0.15, 0.2) is 0 Å². The fraction of sp³-hybridized carbons (Fsp3) is 0.588. The van der Waals surface area contributed by atoms with Crippen LogP contribution in [0.25, 0.3) is 0 Å². The minimum absolute atomic E-state index is 0. The van der Waals surface area contributed by atoms with Crippen LogP contribution in [0.15, 0.2) is 28.7 Å². The molecule has 6 heteroatoms. The number of carboxylic acids is 1. The molecule has 2 rings (SSSR count). The summed E-state index contributed by atoms with van der Waals surface area (Å²) >= 11 is 3.49. The topological polar surface area (TPSA) is 43.8 Å². The van der Waals surface area contributed by atoms with Gasteiger partial charge in [0.25, 0.3) is 0 Å².